The molecule has 3 heteroatoms. The Morgan fingerprint density at radius 2 is 2.06 bits per heavy atom. The van der Waals surface area contributed by atoms with Crippen LogP contribution in [0.2, 0.25) is 0 Å². The standard InChI is InChI=1S/C15H12BrFO/c16-8-14-12-4-2-1-3-10(12)9-18-15-7-11(17)5-6-13(14)15/h1-4,7-8H,5-6,9H2. The number of ether oxygens (including phenoxy) is 1. The molecule has 1 aliphatic heterocycles. The Morgan fingerprint density at radius 3 is 2.89 bits per heavy atom. The lowest BCUT2D eigenvalue weighted by molar-refractivity contribution is 0.207. The molecule has 0 atom stereocenters. The topological polar surface area (TPSA) is 9.23 Å². The molecule has 0 saturated carbocycles. The quantitative estimate of drug-likeness (QED) is 0.665. The van der Waals surface area contributed by atoms with Crippen LogP contribution in [-0.2, 0) is 11.3 Å². The van der Waals surface area contributed by atoms with Gasteiger partial charge in [-0.2, -0.15) is 0 Å². The minimum Gasteiger partial charge on any atom is -0.488 e. The lowest BCUT2D eigenvalue weighted by atomic mass is 9.90. The van der Waals surface area contributed by atoms with E-state index in [0.29, 0.717) is 25.2 Å². The Balaban J connectivity index is 2.17. The zero-order valence-corrected chi connectivity index (χ0v) is 11.3. The van der Waals surface area contributed by atoms with Crippen LogP contribution in [0.25, 0.3) is 5.57 Å². The molecule has 1 heterocycles. The van der Waals surface area contributed by atoms with Crippen LogP contribution in [0.3, 0.4) is 0 Å². The molecule has 0 unspecified atom stereocenters. The van der Waals surface area contributed by atoms with Gasteiger partial charge in [-0.3, -0.25) is 0 Å². The molecule has 0 fully saturated rings. The Morgan fingerprint density at radius 1 is 1.22 bits per heavy atom. The van der Waals surface area contributed by atoms with Gasteiger partial charge < -0.3 is 4.74 Å². The predicted molar refractivity (Wildman–Crippen MR) is 73.6 cm³/mol. The van der Waals surface area contributed by atoms with Crippen LogP contribution in [-0.4, -0.2) is 0 Å². The first-order valence-corrected chi connectivity index (χ1v) is 6.82. The highest BCUT2D eigenvalue weighted by Gasteiger charge is 2.23. The number of halogens is 2. The van der Waals surface area contributed by atoms with Crippen molar-refractivity contribution in [1.29, 1.82) is 0 Å². The average Bonchev–Trinajstić information content (AvgIpc) is 2.55. The summed E-state index contributed by atoms with van der Waals surface area (Å²) in [6, 6.07) is 8.13. The molecule has 1 aromatic carbocycles. The second-order valence-electron chi connectivity index (χ2n) is 4.40. The zero-order chi connectivity index (χ0) is 12.5. The summed E-state index contributed by atoms with van der Waals surface area (Å²) in [6.45, 7) is 0.489. The van der Waals surface area contributed by atoms with Gasteiger partial charge in [0.15, 0.2) is 0 Å². The van der Waals surface area contributed by atoms with E-state index in [9.17, 15) is 4.39 Å². The molecule has 0 radical (unpaired) electrons. The van der Waals surface area contributed by atoms with Gasteiger partial charge in [-0.15, -0.1) is 0 Å². The molecule has 1 nitrogen and oxygen atoms in total. The zero-order valence-electron chi connectivity index (χ0n) is 9.75. The van der Waals surface area contributed by atoms with E-state index in [4.69, 9.17) is 4.74 Å². The van der Waals surface area contributed by atoms with Crippen molar-refractivity contribution in [3.8, 4) is 0 Å². The van der Waals surface area contributed by atoms with Crippen molar-refractivity contribution in [2.75, 3.05) is 0 Å². The lowest BCUT2D eigenvalue weighted by Gasteiger charge is -2.16. The predicted octanol–water partition coefficient (Wildman–Crippen LogP) is 4.85. The number of hydrogen-bond acceptors (Lipinski definition) is 1. The van der Waals surface area contributed by atoms with Gasteiger partial charge in [0.25, 0.3) is 0 Å². The van der Waals surface area contributed by atoms with Crippen LogP contribution in [0.4, 0.5) is 4.39 Å². The van der Waals surface area contributed by atoms with Gasteiger partial charge in [-0.1, -0.05) is 40.2 Å². The van der Waals surface area contributed by atoms with Crippen molar-refractivity contribution >= 4 is 21.5 Å². The Hall–Kier alpha value is -1.35. The van der Waals surface area contributed by atoms with Crippen LogP contribution < -0.4 is 0 Å². The van der Waals surface area contributed by atoms with E-state index in [1.54, 1.807) is 0 Å². The third kappa shape index (κ3) is 1.93. The fourth-order valence-corrected chi connectivity index (χ4v) is 2.94. The molecule has 92 valence electrons. The summed E-state index contributed by atoms with van der Waals surface area (Å²) >= 11 is 3.43. The first-order chi connectivity index (χ1) is 8.79. The van der Waals surface area contributed by atoms with Crippen LogP contribution in [0.15, 0.2) is 52.5 Å². The minimum atomic E-state index is -0.103. The largest absolute Gasteiger partial charge is 0.488 e. The van der Waals surface area contributed by atoms with Gasteiger partial charge in [0.2, 0.25) is 0 Å². The van der Waals surface area contributed by atoms with E-state index in [-0.39, 0.29) is 5.83 Å². The Bertz CT molecular complexity index is 584. The van der Waals surface area contributed by atoms with Crippen molar-refractivity contribution in [2.45, 2.75) is 19.4 Å². The van der Waals surface area contributed by atoms with Crippen LogP contribution in [0, 0.1) is 0 Å². The fourth-order valence-electron chi connectivity index (χ4n) is 2.42. The lowest BCUT2D eigenvalue weighted by Crippen LogP contribution is -1.99. The smallest absolute Gasteiger partial charge is 0.126 e. The van der Waals surface area contributed by atoms with Gasteiger partial charge in [-0.25, -0.2) is 4.39 Å². The molecule has 3 rings (SSSR count). The second kappa shape index (κ2) is 4.73. The average molecular weight is 307 g/mol. The maximum Gasteiger partial charge on any atom is 0.126 e. The van der Waals surface area contributed by atoms with Gasteiger partial charge in [0.1, 0.15) is 18.2 Å². The molecule has 0 aromatic heterocycles. The van der Waals surface area contributed by atoms with E-state index in [1.165, 1.54) is 6.08 Å². The molecule has 1 aromatic rings. The molecule has 1 aliphatic carbocycles. The summed E-state index contributed by atoms with van der Waals surface area (Å²) in [5, 5.41) is 0. The molecular weight excluding hydrogens is 295 g/mol. The number of benzene rings is 1. The second-order valence-corrected chi connectivity index (χ2v) is 4.86. The van der Waals surface area contributed by atoms with E-state index < -0.39 is 0 Å². The van der Waals surface area contributed by atoms with Crippen molar-refractivity contribution < 1.29 is 9.13 Å². The van der Waals surface area contributed by atoms with Crippen LogP contribution in [0.1, 0.15) is 24.0 Å². The molecule has 0 N–H and O–H groups in total. The molecule has 0 amide bonds. The summed E-state index contributed by atoms with van der Waals surface area (Å²) < 4.78 is 19.1. The monoisotopic (exact) mass is 306 g/mol. The summed E-state index contributed by atoms with van der Waals surface area (Å²) in [6.07, 6.45) is 2.65. The summed E-state index contributed by atoms with van der Waals surface area (Å²) in [5.41, 5.74) is 4.47. The Labute approximate surface area is 114 Å². The molecule has 18 heavy (non-hydrogen) atoms. The third-order valence-corrected chi connectivity index (χ3v) is 3.78. The summed E-state index contributed by atoms with van der Waals surface area (Å²) in [7, 11) is 0. The first kappa shape index (κ1) is 11.7. The Kier molecular flexibility index (Phi) is 3.08. The van der Waals surface area contributed by atoms with Gasteiger partial charge in [0.05, 0.1) is 0 Å². The normalized spacial score (nSPS) is 20.8. The van der Waals surface area contributed by atoms with Crippen molar-refractivity contribution in [2.24, 2.45) is 0 Å². The highest BCUT2D eigenvalue weighted by molar-refractivity contribution is 9.11. The van der Waals surface area contributed by atoms with Gasteiger partial charge in [-0.05, 0) is 28.1 Å². The highest BCUT2D eigenvalue weighted by Crippen LogP contribution is 2.39. The maximum atomic E-state index is 13.4. The van der Waals surface area contributed by atoms with E-state index in [0.717, 1.165) is 22.3 Å². The van der Waals surface area contributed by atoms with Crippen LogP contribution >= 0.6 is 15.9 Å². The number of allylic oxidation sites excluding steroid dienone is 4. The highest BCUT2D eigenvalue weighted by atomic mass is 79.9. The van der Waals surface area contributed by atoms with Crippen LogP contribution in [0.5, 0.6) is 0 Å². The van der Waals surface area contributed by atoms with Gasteiger partial charge >= 0.3 is 0 Å². The van der Waals surface area contributed by atoms with Crippen molar-refractivity contribution in [3.05, 3.63) is 63.6 Å². The molecule has 0 bridgehead atoms. The number of rotatable bonds is 0. The van der Waals surface area contributed by atoms with E-state index >= 15 is 0 Å². The maximum absolute atomic E-state index is 13.4. The van der Waals surface area contributed by atoms with Crippen molar-refractivity contribution in [1.82, 2.24) is 0 Å². The minimum absolute atomic E-state index is 0.103. The number of hydrogen-bond donors (Lipinski definition) is 0. The van der Waals surface area contributed by atoms with Crippen molar-refractivity contribution in [3.63, 3.8) is 0 Å². The SMILES string of the molecule is FC1=CC2=C(CC1)C(=CBr)c1ccccc1CO2. The summed E-state index contributed by atoms with van der Waals surface area (Å²) in [4.78, 5) is 1.91. The van der Waals surface area contributed by atoms with E-state index in [1.807, 2.05) is 23.2 Å². The molecule has 2 aliphatic rings. The third-order valence-electron chi connectivity index (χ3n) is 3.32. The molecular formula is C15H12BrFO. The van der Waals surface area contributed by atoms with E-state index in [2.05, 4.69) is 22.0 Å². The summed E-state index contributed by atoms with van der Waals surface area (Å²) in [5.74, 6) is 0.564. The number of fused-ring (bicyclic) bond motifs is 1. The molecule has 0 saturated heterocycles. The first-order valence-electron chi connectivity index (χ1n) is 5.90. The molecule has 0 spiro atoms. The fraction of sp³-hybridized carbons (Fsp3) is 0.200. The van der Waals surface area contributed by atoms with Gasteiger partial charge in [0, 0.05) is 18.1 Å².